The van der Waals surface area contributed by atoms with E-state index in [9.17, 15) is 10.4 Å². The maximum absolute atomic E-state index is 11.3. The molecule has 0 spiro atoms. The number of benzene rings is 2. The Morgan fingerprint density at radius 2 is 2.03 bits per heavy atom. The molecule has 3 aromatic rings. The van der Waals surface area contributed by atoms with Gasteiger partial charge in [0.2, 0.25) is 0 Å². The SMILES string of the molecule is CC1(C)Oc2ccc(C#N)cc2[C@@H](N(Cc2ncc[nH]2)c2ccc(Cl)cc2)[C@H]1O. The number of ether oxygens (including phenoxy) is 1. The van der Waals surface area contributed by atoms with Crippen LogP contribution in [0.3, 0.4) is 0 Å². The number of H-pyrrole nitrogens is 1. The summed E-state index contributed by atoms with van der Waals surface area (Å²) in [5.41, 5.74) is 1.33. The first-order chi connectivity index (χ1) is 13.9. The molecular formula is C22H21ClN4O2. The van der Waals surface area contributed by atoms with Crippen molar-refractivity contribution in [2.45, 2.75) is 38.1 Å². The summed E-state index contributed by atoms with van der Waals surface area (Å²) in [7, 11) is 0. The van der Waals surface area contributed by atoms with Crippen molar-refractivity contribution in [3.63, 3.8) is 0 Å². The van der Waals surface area contributed by atoms with Crippen LogP contribution >= 0.6 is 11.6 Å². The van der Waals surface area contributed by atoms with Gasteiger partial charge in [0, 0.05) is 28.7 Å². The molecule has 1 aliphatic heterocycles. The summed E-state index contributed by atoms with van der Waals surface area (Å²) in [6.07, 6.45) is 2.61. The number of nitriles is 1. The van der Waals surface area contributed by atoms with Crippen LogP contribution in [0.4, 0.5) is 5.69 Å². The fourth-order valence-corrected chi connectivity index (χ4v) is 3.83. The first-order valence-electron chi connectivity index (χ1n) is 9.30. The predicted molar refractivity (Wildman–Crippen MR) is 111 cm³/mol. The van der Waals surface area contributed by atoms with Crippen LogP contribution in [0.5, 0.6) is 5.75 Å². The van der Waals surface area contributed by atoms with Gasteiger partial charge in [-0.2, -0.15) is 5.26 Å². The van der Waals surface area contributed by atoms with Crippen LogP contribution in [-0.2, 0) is 6.54 Å². The first-order valence-corrected chi connectivity index (χ1v) is 9.68. The molecule has 2 N–H and O–H groups in total. The minimum atomic E-state index is -0.852. The Morgan fingerprint density at radius 1 is 1.28 bits per heavy atom. The van der Waals surface area contributed by atoms with E-state index in [1.165, 1.54) is 0 Å². The molecule has 0 bridgehead atoms. The van der Waals surface area contributed by atoms with Crippen molar-refractivity contribution < 1.29 is 9.84 Å². The van der Waals surface area contributed by atoms with Gasteiger partial charge in [0.25, 0.3) is 0 Å². The topological polar surface area (TPSA) is 85.2 Å². The van der Waals surface area contributed by atoms with E-state index in [2.05, 4.69) is 20.9 Å². The molecule has 2 atom stereocenters. The number of fused-ring (bicyclic) bond motifs is 1. The third-order valence-electron chi connectivity index (χ3n) is 5.21. The first kappa shape index (κ1) is 19.3. The van der Waals surface area contributed by atoms with E-state index in [4.69, 9.17) is 16.3 Å². The zero-order chi connectivity index (χ0) is 20.6. The zero-order valence-corrected chi connectivity index (χ0v) is 16.9. The molecule has 2 heterocycles. The van der Waals surface area contributed by atoms with Crippen LogP contribution < -0.4 is 9.64 Å². The molecule has 0 amide bonds. The average molecular weight is 409 g/mol. The van der Waals surface area contributed by atoms with E-state index < -0.39 is 17.7 Å². The normalized spacial score (nSPS) is 19.7. The van der Waals surface area contributed by atoms with Crippen LogP contribution in [0, 0.1) is 11.3 Å². The Hall–Kier alpha value is -3.01. The zero-order valence-electron chi connectivity index (χ0n) is 16.1. The number of nitrogens with zero attached hydrogens (tertiary/aromatic N) is 3. The summed E-state index contributed by atoms with van der Waals surface area (Å²) in [5, 5.41) is 21.3. The molecule has 0 radical (unpaired) electrons. The van der Waals surface area contributed by atoms with E-state index >= 15 is 0 Å². The number of aromatic amines is 1. The molecule has 1 aliphatic rings. The molecule has 0 unspecified atom stereocenters. The van der Waals surface area contributed by atoms with Crippen molar-refractivity contribution in [1.29, 1.82) is 5.26 Å². The Morgan fingerprint density at radius 3 is 2.69 bits per heavy atom. The molecule has 6 nitrogen and oxygen atoms in total. The molecule has 148 valence electrons. The summed E-state index contributed by atoms with van der Waals surface area (Å²) < 4.78 is 6.07. The van der Waals surface area contributed by atoms with Crippen molar-refractivity contribution in [1.82, 2.24) is 9.97 Å². The molecule has 0 fully saturated rings. The van der Waals surface area contributed by atoms with Crippen LogP contribution in [0.2, 0.25) is 5.02 Å². The lowest BCUT2D eigenvalue weighted by Gasteiger charge is -2.47. The highest BCUT2D eigenvalue weighted by Crippen LogP contribution is 2.45. The minimum Gasteiger partial charge on any atom is -0.485 e. The van der Waals surface area contributed by atoms with Gasteiger partial charge in [-0.3, -0.25) is 0 Å². The van der Waals surface area contributed by atoms with Gasteiger partial charge in [0.05, 0.1) is 24.2 Å². The third-order valence-corrected chi connectivity index (χ3v) is 5.46. The van der Waals surface area contributed by atoms with E-state index in [0.717, 1.165) is 17.1 Å². The lowest BCUT2D eigenvalue weighted by molar-refractivity contribution is -0.0590. The molecule has 29 heavy (non-hydrogen) atoms. The van der Waals surface area contributed by atoms with Crippen molar-refractivity contribution in [3.8, 4) is 11.8 Å². The lowest BCUT2D eigenvalue weighted by atomic mass is 9.84. The molecular weight excluding hydrogens is 388 g/mol. The number of hydrogen-bond donors (Lipinski definition) is 2. The monoisotopic (exact) mass is 408 g/mol. The van der Waals surface area contributed by atoms with Gasteiger partial charge in [0.1, 0.15) is 23.3 Å². The smallest absolute Gasteiger partial charge is 0.132 e. The number of anilines is 1. The highest BCUT2D eigenvalue weighted by molar-refractivity contribution is 6.30. The summed E-state index contributed by atoms with van der Waals surface area (Å²) in [5.74, 6) is 1.41. The number of hydrogen-bond acceptors (Lipinski definition) is 5. The Labute approximate surface area is 174 Å². The number of rotatable bonds is 4. The summed E-state index contributed by atoms with van der Waals surface area (Å²) in [6, 6.07) is 14.5. The Balaban J connectivity index is 1.88. The molecule has 0 aliphatic carbocycles. The molecule has 0 saturated carbocycles. The second-order valence-electron chi connectivity index (χ2n) is 7.60. The lowest BCUT2D eigenvalue weighted by Crippen LogP contribution is -2.53. The van der Waals surface area contributed by atoms with E-state index in [0.29, 0.717) is 22.9 Å². The van der Waals surface area contributed by atoms with Gasteiger partial charge in [-0.15, -0.1) is 0 Å². The summed E-state index contributed by atoms with van der Waals surface area (Å²) in [4.78, 5) is 9.54. The van der Waals surface area contributed by atoms with Gasteiger partial charge in [-0.1, -0.05) is 11.6 Å². The third kappa shape index (κ3) is 3.67. The molecule has 2 aromatic carbocycles. The van der Waals surface area contributed by atoms with E-state index in [1.54, 1.807) is 30.6 Å². The van der Waals surface area contributed by atoms with Gasteiger partial charge in [0.15, 0.2) is 0 Å². The second kappa shape index (κ2) is 7.43. The number of aliphatic hydroxyl groups excluding tert-OH is 1. The highest BCUT2D eigenvalue weighted by atomic mass is 35.5. The fraction of sp³-hybridized carbons (Fsp3) is 0.273. The van der Waals surface area contributed by atoms with E-state index in [1.807, 2.05) is 38.1 Å². The summed E-state index contributed by atoms with van der Waals surface area (Å²) >= 11 is 6.10. The molecule has 7 heteroatoms. The largest absolute Gasteiger partial charge is 0.485 e. The van der Waals surface area contributed by atoms with Gasteiger partial charge in [-0.05, 0) is 56.3 Å². The van der Waals surface area contributed by atoms with Gasteiger partial charge in [-0.25, -0.2) is 4.98 Å². The van der Waals surface area contributed by atoms with Crippen LogP contribution in [0.15, 0.2) is 54.9 Å². The molecule has 1 aromatic heterocycles. The maximum Gasteiger partial charge on any atom is 0.132 e. The van der Waals surface area contributed by atoms with Gasteiger partial charge >= 0.3 is 0 Å². The maximum atomic E-state index is 11.3. The number of aromatic nitrogens is 2. The molecule has 4 rings (SSSR count). The second-order valence-corrected chi connectivity index (χ2v) is 8.04. The quantitative estimate of drug-likeness (QED) is 0.675. The van der Waals surface area contributed by atoms with Crippen LogP contribution in [0.1, 0.15) is 36.8 Å². The van der Waals surface area contributed by atoms with E-state index in [-0.39, 0.29) is 0 Å². The predicted octanol–water partition coefficient (Wildman–Crippen LogP) is 4.21. The molecule has 0 saturated heterocycles. The average Bonchev–Trinajstić information content (AvgIpc) is 3.21. The van der Waals surface area contributed by atoms with Crippen LogP contribution in [0.25, 0.3) is 0 Å². The fourth-order valence-electron chi connectivity index (χ4n) is 3.70. The van der Waals surface area contributed by atoms with Crippen molar-refractivity contribution in [3.05, 3.63) is 76.8 Å². The highest BCUT2D eigenvalue weighted by Gasteiger charge is 2.45. The minimum absolute atomic E-state index is 0.433. The van der Waals surface area contributed by atoms with Crippen LogP contribution in [-0.4, -0.2) is 26.8 Å². The van der Waals surface area contributed by atoms with Crippen molar-refractivity contribution in [2.75, 3.05) is 4.90 Å². The Kier molecular flexibility index (Phi) is 4.95. The number of imidazole rings is 1. The standard InChI is InChI=1S/C22H21ClN4O2/c1-22(2)21(28)20(17-11-14(12-24)3-8-18(17)29-22)27(13-19-25-9-10-26-19)16-6-4-15(23)5-7-16/h3-11,20-21,28H,13H2,1-2H3,(H,25,26)/t20-,21-/m1/s1. The number of nitrogens with one attached hydrogen (secondary N) is 1. The Bertz CT molecular complexity index is 1040. The number of aliphatic hydroxyl groups is 1. The van der Waals surface area contributed by atoms with Crippen molar-refractivity contribution in [2.24, 2.45) is 0 Å². The van der Waals surface area contributed by atoms with Gasteiger partial charge < -0.3 is 19.7 Å². The van der Waals surface area contributed by atoms with Crippen molar-refractivity contribution >= 4 is 17.3 Å². The summed E-state index contributed by atoms with van der Waals surface area (Å²) in [6.45, 7) is 4.15. The number of halogens is 1.